The van der Waals surface area contributed by atoms with Gasteiger partial charge >= 0.3 is 0 Å². The smallest absolute Gasteiger partial charge is 0.255 e. The molecule has 5 heteroatoms. The standard InChI is InChI=1S/C13H20N4O/c1-11(9-14)16-5-7-17(8-6-16)13(18)12-3-2-4-15-10-12/h2-4,10-11H,5-9,14H2,1H3. The lowest BCUT2D eigenvalue weighted by Crippen LogP contribution is -2.52. The van der Waals surface area contributed by atoms with Crippen LogP contribution in [-0.4, -0.2) is 59.5 Å². The van der Waals surface area contributed by atoms with E-state index in [1.807, 2.05) is 11.0 Å². The van der Waals surface area contributed by atoms with Crippen LogP contribution in [0.4, 0.5) is 0 Å². The van der Waals surface area contributed by atoms with Gasteiger partial charge in [0.25, 0.3) is 5.91 Å². The third kappa shape index (κ3) is 2.86. The first-order valence-corrected chi connectivity index (χ1v) is 6.36. The van der Waals surface area contributed by atoms with Gasteiger partial charge in [0.15, 0.2) is 0 Å². The molecule has 0 bridgehead atoms. The van der Waals surface area contributed by atoms with Crippen LogP contribution in [0.25, 0.3) is 0 Å². The lowest BCUT2D eigenvalue weighted by Gasteiger charge is -2.37. The van der Waals surface area contributed by atoms with Crippen LogP contribution in [0, 0.1) is 0 Å². The second kappa shape index (κ2) is 5.93. The van der Waals surface area contributed by atoms with E-state index < -0.39 is 0 Å². The molecule has 5 nitrogen and oxygen atoms in total. The number of rotatable bonds is 3. The maximum absolute atomic E-state index is 12.2. The number of pyridine rings is 1. The van der Waals surface area contributed by atoms with E-state index in [9.17, 15) is 4.79 Å². The summed E-state index contributed by atoms with van der Waals surface area (Å²) in [6.07, 6.45) is 3.30. The largest absolute Gasteiger partial charge is 0.336 e. The summed E-state index contributed by atoms with van der Waals surface area (Å²) in [7, 11) is 0. The molecule has 1 saturated heterocycles. The summed E-state index contributed by atoms with van der Waals surface area (Å²) in [5.74, 6) is 0.0724. The topological polar surface area (TPSA) is 62.5 Å². The van der Waals surface area contributed by atoms with Crippen molar-refractivity contribution in [3.05, 3.63) is 30.1 Å². The second-order valence-corrected chi connectivity index (χ2v) is 4.65. The Balaban J connectivity index is 1.92. The lowest BCUT2D eigenvalue weighted by atomic mass is 10.2. The number of piperazine rings is 1. The SMILES string of the molecule is CC(CN)N1CCN(C(=O)c2cccnc2)CC1. The Morgan fingerprint density at radius 2 is 2.17 bits per heavy atom. The summed E-state index contributed by atoms with van der Waals surface area (Å²) >= 11 is 0. The van der Waals surface area contributed by atoms with E-state index in [1.165, 1.54) is 0 Å². The zero-order valence-corrected chi connectivity index (χ0v) is 10.7. The highest BCUT2D eigenvalue weighted by atomic mass is 16.2. The summed E-state index contributed by atoms with van der Waals surface area (Å²) in [5.41, 5.74) is 6.32. The van der Waals surface area contributed by atoms with Crippen LogP contribution < -0.4 is 5.73 Å². The average Bonchev–Trinajstić information content (AvgIpc) is 2.47. The number of carbonyl (C=O) groups is 1. The van der Waals surface area contributed by atoms with Crippen molar-refractivity contribution in [2.45, 2.75) is 13.0 Å². The molecule has 0 aliphatic carbocycles. The molecule has 98 valence electrons. The van der Waals surface area contributed by atoms with Gasteiger partial charge < -0.3 is 10.6 Å². The van der Waals surface area contributed by atoms with Gasteiger partial charge in [-0.2, -0.15) is 0 Å². The van der Waals surface area contributed by atoms with E-state index in [1.54, 1.807) is 18.5 Å². The molecule has 0 radical (unpaired) electrons. The highest BCUT2D eigenvalue weighted by molar-refractivity contribution is 5.93. The Kier molecular flexibility index (Phi) is 4.28. The molecule has 1 aromatic heterocycles. The highest BCUT2D eigenvalue weighted by Gasteiger charge is 2.24. The van der Waals surface area contributed by atoms with E-state index in [4.69, 9.17) is 5.73 Å². The van der Waals surface area contributed by atoms with Crippen molar-refractivity contribution in [1.29, 1.82) is 0 Å². The van der Waals surface area contributed by atoms with E-state index >= 15 is 0 Å². The van der Waals surface area contributed by atoms with E-state index in [0.29, 0.717) is 18.2 Å². The molecule has 0 aromatic carbocycles. The first-order chi connectivity index (χ1) is 8.72. The molecule has 1 atom stereocenters. The van der Waals surface area contributed by atoms with Crippen LogP contribution in [0.3, 0.4) is 0 Å². The minimum atomic E-state index is 0.0724. The molecule has 0 saturated carbocycles. The van der Waals surface area contributed by atoms with Gasteiger partial charge in [0.05, 0.1) is 5.56 Å². The van der Waals surface area contributed by atoms with Crippen molar-refractivity contribution < 1.29 is 4.79 Å². The van der Waals surface area contributed by atoms with Gasteiger partial charge in [-0.3, -0.25) is 14.7 Å². The molecular formula is C13H20N4O. The van der Waals surface area contributed by atoms with Crippen LogP contribution in [0.15, 0.2) is 24.5 Å². The summed E-state index contributed by atoms with van der Waals surface area (Å²) < 4.78 is 0. The van der Waals surface area contributed by atoms with Gasteiger partial charge in [0.2, 0.25) is 0 Å². The number of amides is 1. The van der Waals surface area contributed by atoms with E-state index in [-0.39, 0.29) is 5.91 Å². The second-order valence-electron chi connectivity index (χ2n) is 4.65. The Hall–Kier alpha value is -1.46. The van der Waals surface area contributed by atoms with Gasteiger partial charge in [0.1, 0.15) is 0 Å². The maximum atomic E-state index is 12.2. The number of aromatic nitrogens is 1. The maximum Gasteiger partial charge on any atom is 0.255 e. The Morgan fingerprint density at radius 1 is 1.44 bits per heavy atom. The quantitative estimate of drug-likeness (QED) is 0.829. The highest BCUT2D eigenvalue weighted by Crippen LogP contribution is 2.09. The van der Waals surface area contributed by atoms with Crippen LogP contribution in [-0.2, 0) is 0 Å². The van der Waals surface area contributed by atoms with Crippen molar-refractivity contribution in [3.63, 3.8) is 0 Å². The minimum Gasteiger partial charge on any atom is -0.336 e. The predicted molar refractivity (Wildman–Crippen MR) is 70.2 cm³/mol. The van der Waals surface area contributed by atoms with Crippen LogP contribution in [0.1, 0.15) is 17.3 Å². The first kappa shape index (κ1) is 13.0. The van der Waals surface area contributed by atoms with Gasteiger partial charge in [-0.15, -0.1) is 0 Å². The van der Waals surface area contributed by atoms with Gasteiger partial charge in [-0.05, 0) is 19.1 Å². The van der Waals surface area contributed by atoms with Crippen molar-refractivity contribution in [1.82, 2.24) is 14.8 Å². The van der Waals surface area contributed by atoms with Crippen molar-refractivity contribution in [3.8, 4) is 0 Å². The molecule has 1 aromatic rings. The molecule has 1 unspecified atom stereocenters. The molecule has 2 rings (SSSR count). The van der Waals surface area contributed by atoms with E-state index in [0.717, 1.165) is 26.2 Å². The Labute approximate surface area is 108 Å². The first-order valence-electron chi connectivity index (χ1n) is 6.36. The summed E-state index contributed by atoms with van der Waals surface area (Å²) in [4.78, 5) is 20.4. The molecule has 0 spiro atoms. The molecule has 1 aliphatic heterocycles. The normalized spacial score (nSPS) is 18.7. The summed E-state index contributed by atoms with van der Waals surface area (Å²) in [5, 5.41) is 0. The van der Waals surface area contributed by atoms with Gasteiger partial charge in [-0.1, -0.05) is 0 Å². The van der Waals surface area contributed by atoms with Crippen LogP contribution >= 0.6 is 0 Å². The van der Waals surface area contributed by atoms with Gasteiger partial charge in [0, 0.05) is 51.2 Å². The number of hydrogen-bond acceptors (Lipinski definition) is 4. The van der Waals surface area contributed by atoms with E-state index in [2.05, 4.69) is 16.8 Å². The number of nitrogens with two attached hydrogens (primary N) is 1. The van der Waals surface area contributed by atoms with Crippen LogP contribution in [0.2, 0.25) is 0 Å². The van der Waals surface area contributed by atoms with Crippen molar-refractivity contribution in [2.24, 2.45) is 5.73 Å². The van der Waals surface area contributed by atoms with Crippen molar-refractivity contribution in [2.75, 3.05) is 32.7 Å². The molecule has 2 heterocycles. The fourth-order valence-corrected chi connectivity index (χ4v) is 2.19. The Bertz CT molecular complexity index is 387. The molecule has 2 N–H and O–H groups in total. The molecule has 1 aliphatic rings. The zero-order valence-electron chi connectivity index (χ0n) is 10.7. The fourth-order valence-electron chi connectivity index (χ4n) is 2.19. The zero-order chi connectivity index (χ0) is 13.0. The average molecular weight is 248 g/mol. The van der Waals surface area contributed by atoms with Crippen molar-refractivity contribution >= 4 is 5.91 Å². The van der Waals surface area contributed by atoms with Gasteiger partial charge in [-0.25, -0.2) is 0 Å². The summed E-state index contributed by atoms with van der Waals surface area (Å²) in [6.45, 7) is 6.10. The third-order valence-electron chi connectivity index (χ3n) is 3.47. The number of carbonyl (C=O) groups excluding carboxylic acids is 1. The minimum absolute atomic E-state index is 0.0724. The molecule has 18 heavy (non-hydrogen) atoms. The third-order valence-corrected chi connectivity index (χ3v) is 3.47. The number of hydrogen-bond donors (Lipinski definition) is 1. The predicted octanol–water partition coefficient (Wildman–Crippen LogP) is 0.187. The fraction of sp³-hybridized carbons (Fsp3) is 0.538. The summed E-state index contributed by atoms with van der Waals surface area (Å²) in [6, 6.07) is 3.99. The lowest BCUT2D eigenvalue weighted by molar-refractivity contribution is 0.0588. The molecule has 1 amide bonds. The molecule has 1 fully saturated rings. The monoisotopic (exact) mass is 248 g/mol. The number of nitrogens with zero attached hydrogens (tertiary/aromatic N) is 3. The van der Waals surface area contributed by atoms with Crippen LogP contribution in [0.5, 0.6) is 0 Å². The Morgan fingerprint density at radius 3 is 2.72 bits per heavy atom. The molecular weight excluding hydrogens is 228 g/mol.